The van der Waals surface area contributed by atoms with Crippen molar-refractivity contribution in [3.63, 3.8) is 0 Å². The molecule has 0 unspecified atom stereocenters. The van der Waals surface area contributed by atoms with Crippen LogP contribution in [0.15, 0.2) is 133 Å². The first-order valence-corrected chi connectivity index (χ1v) is 19.5. The van der Waals surface area contributed by atoms with E-state index in [0.717, 1.165) is 12.1 Å². The minimum absolute atomic E-state index is 0.0124. The van der Waals surface area contributed by atoms with Crippen LogP contribution in [0.4, 0.5) is 79.0 Å². The Hall–Kier alpha value is -7.12. The third kappa shape index (κ3) is 7.72. The number of fused-ring (bicyclic) bond motifs is 7. The zero-order chi connectivity index (χ0) is 49.3. The molecule has 0 aliphatic rings. The molecule has 7 aromatic carbocycles. The average Bonchev–Trinajstić information content (AvgIpc) is 3.77. The van der Waals surface area contributed by atoms with Crippen molar-refractivity contribution >= 4 is 43.6 Å². The molecule has 0 atom stereocenters. The molecule has 20 heteroatoms. The molecule has 0 saturated heterocycles. The molecule has 0 amide bonds. The van der Waals surface area contributed by atoms with Gasteiger partial charge in [-0.15, -0.1) is 0 Å². The van der Waals surface area contributed by atoms with Crippen LogP contribution in [0.5, 0.6) is 0 Å². The zero-order valence-electron chi connectivity index (χ0n) is 33.4. The number of halogens is 18. The molecule has 0 spiro atoms. The van der Waals surface area contributed by atoms with Crippen molar-refractivity contribution in [1.29, 1.82) is 0 Å². The van der Waals surface area contributed by atoms with Gasteiger partial charge in [-0.2, -0.15) is 79.0 Å². The largest absolute Gasteiger partial charge is 0.417 e. The van der Waals surface area contributed by atoms with Gasteiger partial charge in [-0.3, -0.25) is 0 Å². The third-order valence-corrected chi connectivity index (χ3v) is 11.4. The highest BCUT2D eigenvalue weighted by molar-refractivity contribution is 6.26. The Balaban J connectivity index is 1.30. The quantitative estimate of drug-likeness (QED) is 0.156. The summed E-state index contributed by atoms with van der Waals surface area (Å²) in [5.74, 6) is 0. The minimum atomic E-state index is -6.06. The number of alkyl halides is 18. The van der Waals surface area contributed by atoms with Gasteiger partial charge in [-0.25, -0.2) is 0 Å². The molecule has 0 aliphatic heterocycles. The maximum absolute atomic E-state index is 14.2. The van der Waals surface area contributed by atoms with Gasteiger partial charge in [0.2, 0.25) is 0 Å². The predicted octanol–water partition coefficient (Wildman–Crippen LogP) is 17.3. The van der Waals surface area contributed by atoms with E-state index in [4.69, 9.17) is 0 Å². The molecule has 350 valence electrons. The highest BCUT2D eigenvalue weighted by atomic mass is 19.4. The summed E-state index contributed by atoms with van der Waals surface area (Å²) in [6, 6.07) is 26.4. The lowest BCUT2D eigenvalue weighted by atomic mass is 9.93. The minimum Gasteiger partial charge on any atom is -0.309 e. The zero-order valence-corrected chi connectivity index (χ0v) is 33.4. The van der Waals surface area contributed by atoms with Crippen molar-refractivity contribution in [2.45, 2.75) is 37.1 Å². The van der Waals surface area contributed by atoms with Crippen molar-refractivity contribution in [3.05, 3.63) is 167 Å². The smallest absolute Gasteiger partial charge is 0.309 e. The number of nitrogens with zero attached hydrogens (tertiary/aromatic N) is 2. The van der Waals surface area contributed by atoms with Crippen LogP contribution in [0.3, 0.4) is 0 Å². The molecule has 0 fully saturated rings. The fourth-order valence-corrected chi connectivity index (χ4v) is 8.83. The first-order chi connectivity index (χ1) is 31.5. The number of hydrogen-bond acceptors (Lipinski definition) is 0. The normalized spacial score (nSPS) is 13.4. The van der Waals surface area contributed by atoms with E-state index in [1.807, 2.05) is 0 Å². The Morgan fingerprint density at radius 2 is 0.662 bits per heavy atom. The van der Waals surface area contributed by atoms with Gasteiger partial charge >= 0.3 is 37.1 Å². The van der Waals surface area contributed by atoms with Gasteiger partial charge in [-0.05, 0) is 89.0 Å². The van der Waals surface area contributed by atoms with Crippen LogP contribution in [0.1, 0.15) is 33.4 Å². The van der Waals surface area contributed by atoms with Crippen LogP contribution in [0.2, 0.25) is 0 Å². The van der Waals surface area contributed by atoms with Crippen molar-refractivity contribution < 1.29 is 79.0 Å². The monoisotopic (exact) mass is 968 g/mol. The van der Waals surface area contributed by atoms with E-state index in [1.54, 1.807) is 69.8 Å². The summed E-state index contributed by atoms with van der Waals surface area (Å²) < 4.78 is 257. The Labute approximate surface area is 368 Å². The van der Waals surface area contributed by atoms with E-state index in [-0.39, 0.29) is 46.8 Å². The van der Waals surface area contributed by atoms with Crippen molar-refractivity contribution in [1.82, 2.24) is 9.13 Å². The Morgan fingerprint density at radius 1 is 0.279 bits per heavy atom. The van der Waals surface area contributed by atoms with Crippen molar-refractivity contribution in [2.75, 3.05) is 0 Å². The molecule has 0 bridgehead atoms. The summed E-state index contributed by atoms with van der Waals surface area (Å²) in [4.78, 5) is 0. The van der Waals surface area contributed by atoms with E-state index in [9.17, 15) is 79.0 Å². The summed E-state index contributed by atoms with van der Waals surface area (Å²) in [5, 5.41) is 2.00. The van der Waals surface area contributed by atoms with E-state index >= 15 is 0 Å². The average molecular weight is 969 g/mol. The van der Waals surface area contributed by atoms with Gasteiger partial charge in [-0.1, -0.05) is 66.7 Å². The summed E-state index contributed by atoms with van der Waals surface area (Å²) in [5.41, 5.74) is -16.6. The van der Waals surface area contributed by atoms with E-state index < -0.39 is 81.6 Å². The first kappa shape index (κ1) is 46.0. The van der Waals surface area contributed by atoms with Gasteiger partial charge in [0.1, 0.15) is 0 Å². The maximum Gasteiger partial charge on any atom is 0.417 e. The Bertz CT molecular complexity index is 3410. The molecule has 9 rings (SSSR count). The first-order valence-electron chi connectivity index (χ1n) is 19.5. The van der Waals surface area contributed by atoms with Crippen molar-refractivity contribution in [2.24, 2.45) is 0 Å². The third-order valence-electron chi connectivity index (χ3n) is 11.4. The number of aromatic nitrogens is 2. The molecular formula is C48H22F18N2. The van der Waals surface area contributed by atoms with Gasteiger partial charge in [0.05, 0.1) is 55.4 Å². The second-order valence-electron chi connectivity index (χ2n) is 15.5. The number of benzene rings is 7. The molecule has 0 aliphatic carbocycles. The molecule has 2 heterocycles. The van der Waals surface area contributed by atoms with E-state index in [2.05, 4.69) is 0 Å². The van der Waals surface area contributed by atoms with Gasteiger partial charge in [0, 0.05) is 32.9 Å². The Morgan fingerprint density at radius 3 is 1.07 bits per heavy atom. The van der Waals surface area contributed by atoms with Crippen LogP contribution in [-0.2, 0) is 37.1 Å². The van der Waals surface area contributed by atoms with Crippen LogP contribution in [0, 0.1) is 0 Å². The van der Waals surface area contributed by atoms with E-state index in [1.165, 1.54) is 36.4 Å². The summed E-state index contributed by atoms with van der Waals surface area (Å²) >= 11 is 0. The lowest BCUT2D eigenvalue weighted by Crippen LogP contribution is -2.23. The lowest BCUT2D eigenvalue weighted by Gasteiger charge is -2.22. The molecule has 2 nitrogen and oxygen atoms in total. The highest BCUT2D eigenvalue weighted by Crippen LogP contribution is 2.51. The summed E-state index contributed by atoms with van der Waals surface area (Å²) in [7, 11) is 0. The molecule has 0 N–H and O–H groups in total. The van der Waals surface area contributed by atoms with Crippen LogP contribution in [0.25, 0.3) is 77.2 Å². The predicted molar refractivity (Wildman–Crippen MR) is 216 cm³/mol. The SMILES string of the molecule is FC(F)(F)c1cc(-c2cccc(-n3c4ccccc4c4c3ccc3c5ccccc5n(-c5cccc(-c6cc(C(F)(F)F)c(C(F)(F)F)c(C(F)(F)F)c6)c5)c34)c2)cc(C(F)(F)F)c1C(F)(F)F. The highest BCUT2D eigenvalue weighted by Gasteiger charge is 2.52. The van der Waals surface area contributed by atoms with Crippen LogP contribution < -0.4 is 0 Å². The fourth-order valence-electron chi connectivity index (χ4n) is 8.83. The lowest BCUT2D eigenvalue weighted by molar-refractivity contribution is -0.174. The summed E-state index contributed by atoms with van der Waals surface area (Å²) in [6.45, 7) is 0. The van der Waals surface area contributed by atoms with Gasteiger partial charge in [0.25, 0.3) is 0 Å². The number of rotatable bonds is 4. The molecule has 9 aromatic rings. The van der Waals surface area contributed by atoms with Crippen molar-refractivity contribution in [3.8, 4) is 33.6 Å². The molecular weight excluding hydrogens is 947 g/mol. The topological polar surface area (TPSA) is 9.86 Å². The number of hydrogen-bond donors (Lipinski definition) is 0. The molecule has 0 radical (unpaired) electrons. The molecule has 68 heavy (non-hydrogen) atoms. The fraction of sp³-hybridized carbons (Fsp3) is 0.125. The standard InChI is InChI=1S/C48H22F18N2/c49-43(50,51)32-19-25(20-33(44(52,53)54)40(32)47(61,62)63)23-7-5-9-27(17-23)67-37-14-4-2-12-31(37)39-38(67)16-15-30-29-11-1-3-13-36(29)68(42(30)39)28-10-6-8-24(18-28)26-21-34(45(55,56)57)41(48(64,65)66)35(22-26)46(58,59)60/h1-22H. The van der Waals surface area contributed by atoms with E-state index in [0.29, 0.717) is 43.6 Å². The second-order valence-corrected chi connectivity index (χ2v) is 15.5. The number of para-hydroxylation sites is 2. The second kappa shape index (κ2) is 15.2. The molecule has 2 aromatic heterocycles. The van der Waals surface area contributed by atoms with Gasteiger partial charge in [0.15, 0.2) is 0 Å². The molecule has 0 saturated carbocycles. The van der Waals surface area contributed by atoms with Crippen LogP contribution in [-0.4, -0.2) is 9.13 Å². The summed E-state index contributed by atoms with van der Waals surface area (Å²) in [6.07, 6.45) is -35.6. The van der Waals surface area contributed by atoms with Gasteiger partial charge < -0.3 is 9.13 Å². The maximum atomic E-state index is 14.2. The van der Waals surface area contributed by atoms with Crippen LogP contribution >= 0.6 is 0 Å². The Kier molecular flexibility index (Phi) is 10.3.